The van der Waals surface area contributed by atoms with Gasteiger partial charge >= 0.3 is 0 Å². The summed E-state index contributed by atoms with van der Waals surface area (Å²) in [6.07, 6.45) is 7.55. The van der Waals surface area contributed by atoms with Gasteiger partial charge in [-0.25, -0.2) is 0 Å². The lowest BCUT2D eigenvalue weighted by Gasteiger charge is -1.77. The van der Waals surface area contributed by atoms with Crippen molar-refractivity contribution < 1.29 is 9.21 Å². The van der Waals surface area contributed by atoms with Crippen LogP contribution in [-0.2, 0) is 0 Å². The van der Waals surface area contributed by atoms with Gasteiger partial charge in [0, 0.05) is 0 Å². The van der Waals surface area contributed by atoms with Gasteiger partial charge in [0.05, 0.1) is 11.8 Å². The van der Waals surface area contributed by atoms with Crippen LogP contribution >= 0.6 is 0 Å². The first-order chi connectivity index (χ1) is 4.34. The van der Waals surface area contributed by atoms with E-state index in [2.05, 4.69) is 4.42 Å². The van der Waals surface area contributed by atoms with Crippen LogP contribution in [0.2, 0.25) is 0 Å². The summed E-state index contributed by atoms with van der Waals surface area (Å²) in [6, 6.07) is 1.53. The van der Waals surface area contributed by atoms with Crippen LogP contribution in [0, 0.1) is 12.3 Å². The van der Waals surface area contributed by atoms with Crippen LogP contribution in [-0.4, -0.2) is 5.78 Å². The van der Waals surface area contributed by atoms with Gasteiger partial charge < -0.3 is 4.42 Å². The largest absolute Gasteiger partial charge is 0.472 e. The third-order valence-electron chi connectivity index (χ3n) is 0.914. The first kappa shape index (κ1) is 5.64. The highest BCUT2D eigenvalue weighted by Crippen LogP contribution is 1.98. The molecule has 0 aromatic carbocycles. The molecule has 0 saturated carbocycles. The van der Waals surface area contributed by atoms with Crippen molar-refractivity contribution in [2.45, 2.75) is 0 Å². The highest BCUT2D eigenvalue weighted by Gasteiger charge is 2.00. The molecule has 0 spiro atoms. The van der Waals surface area contributed by atoms with Gasteiger partial charge in [-0.05, 0) is 12.0 Å². The third kappa shape index (κ3) is 1.000. The number of hydrogen-bond donors (Lipinski definition) is 0. The molecule has 1 aromatic heterocycles. The molecule has 0 unspecified atom stereocenters. The number of carbonyl (C=O) groups is 1. The summed E-state index contributed by atoms with van der Waals surface area (Å²) >= 11 is 0. The fourth-order valence-corrected chi connectivity index (χ4v) is 0.477. The van der Waals surface area contributed by atoms with Crippen molar-refractivity contribution in [2.24, 2.45) is 0 Å². The molecule has 0 amide bonds. The van der Waals surface area contributed by atoms with Crippen molar-refractivity contribution in [3.63, 3.8) is 0 Å². The van der Waals surface area contributed by atoms with E-state index in [1.807, 2.05) is 5.92 Å². The number of terminal acetylenes is 1. The maximum Gasteiger partial charge on any atom is 0.238 e. The molecule has 1 aromatic rings. The Morgan fingerprint density at radius 3 is 3.00 bits per heavy atom. The standard InChI is InChI=1S/C7H4O2/c1-2-7(8)6-3-4-9-5-6/h1,3-5H. The van der Waals surface area contributed by atoms with E-state index in [9.17, 15) is 4.79 Å². The molecule has 0 bridgehead atoms. The maximum atomic E-state index is 10.6. The van der Waals surface area contributed by atoms with Gasteiger partial charge in [-0.2, -0.15) is 0 Å². The van der Waals surface area contributed by atoms with E-state index in [-0.39, 0.29) is 5.78 Å². The van der Waals surface area contributed by atoms with Crippen LogP contribution in [0.5, 0.6) is 0 Å². The van der Waals surface area contributed by atoms with E-state index in [4.69, 9.17) is 6.42 Å². The minimum absolute atomic E-state index is 0.344. The van der Waals surface area contributed by atoms with Gasteiger partial charge in [0.2, 0.25) is 5.78 Å². The predicted octanol–water partition coefficient (Wildman–Crippen LogP) is 1.10. The molecular weight excluding hydrogens is 116 g/mol. The van der Waals surface area contributed by atoms with E-state index in [0.717, 1.165) is 0 Å². The molecule has 2 heteroatoms. The summed E-state index contributed by atoms with van der Waals surface area (Å²) < 4.78 is 4.62. The summed E-state index contributed by atoms with van der Waals surface area (Å²) in [5.41, 5.74) is 0.428. The lowest BCUT2D eigenvalue weighted by Crippen LogP contribution is -1.89. The lowest BCUT2D eigenvalue weighted by atomic mass is 10.2. The van der Waals surface area contributed by atoms with Gasteiger partial charge in [-0.1, -0.05) is 0 Å². The number of hydrogen-bond acceptors (Lipinski definition) is 2. The number of furan rings is 1. The SMILES string of the molecule is C#CC(=O)c1ccoc1. The zero-order valence-corrected chi connectivity index (χ0v) is 4.63. The van der Waals surface area contributed by atoms with Gasteiger partial charge in [0.15, 0.2) is 0 Å². The Bertz CT molecular complexity index is 238. The molecule has 0 N–H and O–H groups in total. The second kappa shape index (κ2) is 2.19. The van der Waals surface area contributed by atoms with Gasteiger partial charge in [0.25, 0.3) is 0 Å². The number of rotatable bonds is 1. The van der Waals surface area contributed by atoms with E-state index in [1.165, 1.54) is 18.6 Å². The van der Waals surface area contributed by atoms with Crippen LogP contribution in [0.1, 0.15) is 10.4 Å². The average molecular weight is 120 g/mol. The molecule has 1 heterocycles. The molecule has 0 aliphatic heterocycles. The summed E-state index contributed by atoms with van der Waals surface area (Å²) in [5, 5.41) is 0. The molecule has 0 atom stereocenters. The molecule has 44 valence electrons. The van der Waals surface area contributed by atoms with Crippen molar-refractivity contribution in [1.29, 1.82) is 0 Å². The smallest absolute Gasteiger partial charge is 0.238 e. The van der Waals surface area contributed by atoms with Crippen molar-refractivity contribution >= 4 is 5.78 Å². The van der Waals surface area contributed by atoms with Crippen molar-refractivity contribution in [1.82, 2.24) is 0 Å². The van der Waals surface area contributed by atoms with E-state index >= 15 is 0 Å². The topological polar surface area (TPSA) is 30.2 Å². The summed E-state index contributed by atoms with van der Waals surface area (Å²) in [7, 11) is 0. The van der Waals surface area contributed by atoms with Crippen LogP contribution in [0.15, 0.2) is 23.0 Å². The molecular formula is C7H4O2. The molecule has 0 aliphatic carbocycles. The van der Waals surface area contributed by atoms with E-state index < -0.39 is 0 Å². The van der Waals surface area contributed by atoms with E-state index in [1.54, 1.807) is 0 Å². The summed E-state index contributed by atoms with van der Waals surface area (Å²) in [6.45, 7) is 0. The van der Waals surface area contributed by atoms with Crippen LogP contribution in [0.4, 0.5) is 0 Å². The zero-order chi connectivity index (χ0) is 6.69. The van der Waals surface area contributed by atoms with Gasteiger partial charge in [-0.15, -0.1) is 6.42 Å². The molecule has 2 nitrogen and oxygen atoms in total. The molecule has 0 saturated heterocycles. The quantitative estimate of drug-likeness (QED) is 0.315. The van der Waals surface area contributed by atoms with Crippen molar-refractivity contribution in [2.75, 3.05) is 0 Å². The Hall–Kier alpha value is -1.49. The highest BCUT2D eigenvalue weighted by molar-refractivity contribution is 6.08. The normalized spacial score (nSPS) is 8.33. The Kier molecular flexibility index (Phi) is 1.37. The number of Topliss-reactive ketones (excluding diaryl/α,β-unsaturated/α-hetero) is 1. The molecule has 0 fully saturated rings. The zero-order valence-electron chi connectivity index (χ0n) is 4.63. The van der Waals surface area contributed by atoms with Crippen LogP contribution < -0.4 is 0 Å². The Balaban J connectivity index is 2.93. The lowest BCUT2D eigenvalue weighted by molar-refractivity contribution is 0.105. The fraction of sp³-hybridized carbons (Fsp3) is 0. The Morgan fingerprint density at radius 2 is 2.56 bits per heavy atom. The third-order valence-corrected chi connectivity index (χ3v) is 0.914. The summed E-state index contributed by atoms with van der Waals surface area (Å²) in [4.78, 5) is 10.6. The first-order valence-electron chi connectivity index (χ1n) is 2.37. The minimum atomic E-state index is -0.344. The molecule has 1 rings (SSSR count). The summed E-state index contributed by atoms with van der Waals surface area (Å²) in [5.74, 6) is 1.62. The molecule has 0 radical (unpaired) electrons. The first-order valence-corrected chi connectivity index (χ1v) is 2.37. The minimum Gasteiger partial charge on any atom is -0.472 e. The van der Waals surface area contributed by atoms with E-state index in [0.29, 0.717) is 5.56 Å². The maximum absolute atomic E-state index is 10.6. The van der Waals surface area contributed by atoms with Crippen LogP contribution in [0.3, 0.4) is 0 Å². The average Bonchev–Trinajstić information content (AvgIpc) is 2.37. The second-order valence-corrected chi connectivity index (χ2v) is 1.49. The van der Waals surface area contributed by atoms with Crippen LogP contribution in [0.25, 0.3) is 0 Å². The molecule has 0 aliphatic rings. The predicted molar refractivity (Wildman–Crippen MR) is 31.9 cm³/mol. The molecule has 9 heavy (non-hydrogen) atoms. The Labute approximate surface area is 52.5 Å². The van der Waals surface area contributed by atoms with Crippen molar-refractivity contribution in [3.05, 3.63) is 24.2 Å². The van der Waals surface area contributed by atoms with Gasteiger partial charge in [-0.3, -0.25) is 4.79 Å². The monoisotopic (exact) mass is 120 g/mol. The fourth-order valence-electron chi connectivity index (χ4n) is 0.477. The number of carbonyl (C=O) groups excluding carboxylic acids is 1. The Morgan fingerprint density at radius 1 is 1.78 bits per heavy atom. The van der Waals surface area contributed by atoms with Crippen molar-refractivity contribution in [3.8, 4) is 12.3 Å². The number of ketones is 1. The van der Waals surface area contributed by atoms with Gasteiger partial charge in [0.1, 0.15) is 6.26 Å². The second-order valence-electron chi connectivity index (χ2n) is 1.49. The highest BCUT2D eigenvalue weighted by atomic mass is 16.3.